The number of fused-ring (bicyclic) bond motifs is 1. The van der Waals surface area contributed by atoms with Crippen molar-refractivity contribution in [2.24, 2.45) is 0 Å². The molecule has 0 bridgehead atoms. The van der Waals surface area contributed by atoms with Crippen molar-refractivity contribution in [3.8, 4) is 5.75 Å². The van der Waals surface area contributed by atoms with Crippen LogP contribution < -0.4 is 10.1 Å². The van der Waals surface area contributed by atoms with Crippen LogP contribution >= 0.6 is 11.8 Å². The molecule has 3 nitrogen and oxygen atoms in total. The van der Waals surface area contributed by atoms with Gasteiger partial charge in [0.15, 0.2) is 0 Å². The maximum Gasteiger partial charge on any atom is 0.145 e. The summed E-state index contributed by atoms with van der Waals surface area (Å²) in [6.45, 7) is 4.00. The molecular formula is C15H20N2OS. The van der Waals surface area contributed by atoms with Gasteiger partial charge in [-0.3, -0.25) is 0 Å². The molecule has 0 aliphatic rings. The molecule has 1 heterocycles. The van der Waals surface area contributed by atoms with Crippen LogP contribution in [0.4, 0.5) is 0 Å². The van der Waals surface area contributed by atoms with Crippen molar-refractivity contribution < 1.29 is 4.74 Å². The quantitative estimate of drug-likeness (QED) is 0.879. The zero-order chi connectivity index (χ0) is 13.7. The lowest BCUT2D eigenvalue weighted by atomic mass is 10.2. The number of aromatic nitrogens is 1. The van der Waals surface area contributed by atoms with Crippen molar-refractivity contribution in [3.63, 3.8) is 0 Å². The van der Waals surface area contributed by atoms with Gasteiger partial charge in [0.05, 0.1) is 12.8 Å². The Hall–Kier alpha value is -1.26. The maximum atomic E-state index is 5.36. The Balaban J connectivity index is 2.12. The summed E-state index contributed by atoms with van der Waals surface area (Å²) < 4.78 is 5.36. The van der Waals surface area contributed by atoms with Crippen molar-refractivity contribution in [3.05, 3.63) is 36.0 Å². The predicted octanol–water partition coefficient (Wildman–Crippen LogP) is 3.08. The lowest BCUT2D eigenvalue weighted by molar-refractivity contribution is 0.418. The largest absolute Gasteiger partial charge is 0.494 e. The van der Waals surface area contributed by atoms with E-state index < -0.39 is 0 Å². The molecule has 4 heteroatoms. The normalized spacial score (nSPS) is 12.6. The maximum absolute atomic E-state index is 5.36. The molecule has 1 aromatic carbocycles. The first-order chi connectivity index (χ1) is 9.24. The molecule has 0 aliphatic heterocycles. The summed E-state index contributed by atoms with van der Waals surface area (Å²) in [6, 6.07) is 10.2. The van der Waals surface area contributed by atoms with E-state index in [4.69, 9.17) is 4.74 Å². The second kappa shape index (κ2) is 6.78. The van der Waals surface area contributed by atoms with Gasteiger partial charge in [-0.2, -0.15) is 11.8 Å². The first-order valence-corrected chi connectivity index (χ1v) is 7.69. The van der Waals surface area contributed by atoms with Gasteiger partial charge in [0.25, 0.3) is 0 Å². The monoisotopic (exact) mass is 276 g/mol. The number of methoxy groups -OCH3 is 1. The number of para-hydroxylation sites is 1. The third-order valence-electron chi connectivity index (χ3n) is 3.10. The minimum Gasteiger partial charge on any atom is -0.494 e. The number of ether oxygens (including phenoxy) is 1. The Morgan fingerprint density at radius 1 is 1.32 bits per heavy atom. The van der Waals surface area contributed by atoms with E-state index in [1.807, 2.05) is 23.9 Å². The molecule has 0 spiro atoms. The number of benzene rings is 1. The second-order valence-electron chi connectivity index (χ2n) is 4.51. The van der Waals surface area contributed by atoms with Crippen LogP contribution in [0, 0.1) is 0 Å². The second-order valence-corrected chi connectivity index (χ2v) is 5.79. The average Bonchev–Trinajstić information content (AvgIpc) is 2.46. The summed E-state index contributed by atoms with van der Waals surface area (Å²) in [5, 5.41) is 5.16. The lowest BCUT2D eigenvalue weighted by Crippen LogP contribution is -2.22. The Labute approximate surface area is 118 Å². The van der Waals surface area contributed by atoms with E-state index in [1.54, 1.807) is 7.11 Å². The molecule has 2 rings (SSSR count). The number of hydrogen-bond acceptors (Lipinski definition) is 4. The van der Waals surface area contributed by atoms with Crippen molar-refractivity contribution >= 4 is 22.7 Å². The Morgan fingerprint density at radius 2 is 2.16 bits per heavy atom. The van der Waals surface area contributed by atoms with Crippen molar-refractivity contribution in [2.45, 2.75) is 18.7 Å². The van der Waals surface area contributed by atoms with Crippen LogP contribution in [0.15, 0.2) is 30.3 Å². The third kappa shape index (κ3) is 3.61. The molecule has 1 unspecified atom stereocenters. The number of thioether (sulfide) groups is 1. The van der Waals surface area contributed by atoms with Gasteiger partial charge < -0.3 is 10.1 Å². The van der Waals surface area contributed by atoms with Crippen LogP contribution in [-0.2, 0) is 6.54 Å². The van der Waals surface area contributed by atoms with E-state index in [0.29, 0.717) is 5.25 Å². The number of rotatable bonds is 6. The average molecular weight is 276 g/mol. The molecular weight excluding hydrogens is 256 g/mol. The zero-order valence-electron chi connectivity index (χ0n) is 11.6. The SMILES string of the molecule is COc1cccc2ccc(CNCC(C)SC)nc12. The molecule has 2 aromatic rings. The number of nitrogens with zero attached hydrogens (tertiary/aromatic N) is 1. The fourth-order valence-corrected chi connectivity index (χ4v) is 2.19. The van der Waals surface area contributed by atoms with Gasteiger partial charge in [0, 0.05) is 23.7 Å². The van der Waals surface area contributed by atoms with Gasteiger partial charge in [-0.15, -0.1) is 0 Å². The van der Waals surface area contributed by atoms with E-state index in [1.165, 1.54) is 0 Å². The van der Waals surface area contributed by atoms with E-state index in [0.717, 1.165) is 35.4 Å². The Bertz CT molecular complexity index is 545. The molecule has 0 fully saturated rings. The fourth-order valence-electron chi connectivity index (χ4n) is 1.91. The standard InChI is InChI=1S/C15H20N2OS/c1-11(19-3)9-16-10-13-8-7-12-5-4-6-14(18-2)15(12)17-13/h4-8,11,16H,9-10H2,1-3H3. The number of pyridine rings is 1. The summed E-state index contributed by atoms with van der Waals surface area (Å²) in [7, 11) is 1.68. The number of hydrogen-bond donors (Lipinski definition) is 1. The van der Waals surface area contributed by atoms with Crippen LogP contribution in [0.25, 0.3) is 10.9 Å². The van der Waals surface area contributed by atoms with Crippen LogP contribution in [0.3, 0.4) is 0 Å². The van der Waals surface area contributed by atoms with Crippen LogP contribution in [-0.4, -0.2) is 30.1 Å². The third-order valence-corrected chi connectivity index (χ3v) is 4.07. The van der Waals surface area contributed by atoms with E-state index in [-0.39, 0.29) is 0 Å². The van der Waals surface area contributed by atoms with E-state index >= 15 is 0 Å². The highest BCUT2D eigenvalue weighted by Gasteiger charge is 2.04. The smallest absolute Gasteiger partial charge is 0.145 e. The molecule has 102 valence electrons. The van der Waals surface area contributed by atoms with Gasteiger partial charge in [-0.05, 0) is 18.4 Å². The lowest BCUT2D eigenvalue weighted by Gasteiger charge is -2.10. The molecule has 1 atom stereocenters. The van der Waals surface area contributed by atoms with Gasteiger partial charge in [-0.25, -0.2) is 4.98 Å². The minimum absolute atomic E-state index is 0.620. The Morgan fingerprint density at radius 3 is 2.89 bits per heavy atom. The van der Waals surface area contributed by atoms with Crippen molar-refractivity contribution in [1.29, 1.82) is 0 Å². The molecule has 0 amide bonds. The molecule has 0 saturated carbocycles. The van der Waals surface area contributed by atoms with Crippen molar-refractivity contribution in [2.75, 3.05) is 19.9 Å². The highest BCUT2D eigenvalue weighted by molar-refractivity contribution is 7.99. The summed E-state index contributed by atoms with van der Waals surface area (Å²) in [4.78, 5) is 4.67. The van der Waals surface area contributed by atoms with Gasteiger partial charge >= 0.3 is 0 Å². The van der Waals surface area contributed by atoms with E-state index in [9.17, 15) is 0 Å². The zero-order valence-corrected chi connectivity index (χ0v) is 12.5. The molecule has 0 radical (unpaired) electrons. The first-order valence-electron chi connectivity index (χ1n) is 6.40. The van der Waals surface area contributed by atoms with Crippen LogP contribution in [0.1, 0.15) is 12.6 Å². The van der Waals surface area contributed by atoms with Crippen LogP contribution in [0.5, 0.6) is 5.75 Å². The highest BCUT2D eigenvalue weighted by Crippen LogP contribution is 2.23. The molecule has 1 N–H and O–H groups in total. The summed E-state index contributed by atoms with van der Waals surface area (Å²) in [5.74, 6) is 0.830. The van der Waals surface area contributed by atoms with E-state index in [2.05, 4.69) is 41.7 Å². The van der Waals surface area contributed by atoms with Gasteiger partial charge in [0.2, 0.25) is 0 Å². The minimum atomic E-state index is 0.620. The fraction of sp³-hybridized carbons (Fsp3) is 0.400. The molecule has 19 heavy (non-hydrogen) atoms. The summed E-state index contributed by atoms with van der Waals surface area (Å²) in [5.41, 5.74) is 1.98. The molecule has 0 aliphatic carbocycles. The summed E-state index contributed by atoms with van der Waals surface area (Å²) >= 11 is 1.87. The first kappa shape index (κ1) is 14.2. The highest BCUT2D eigenvalue weighted by atomic mass is 32.2. The predicted molar refractivity (Wildman–Crippen MR) is 83.0 cm³/mol. The van der Waals surface area contributed by atoms with Gasteiger partial charge in [-0.1, -0.05) is 25.1 Å². The topological polar surface area (TPSA) is 34.1 Å². The van der Waals surface area contributed by atoms with Gasteiger partial charge in [0.1, 0.15) is 11.3 Å². The molecule has 0 saturated heterocycles. The number of nitrogens with one attached hydrogen (secondary N) is 1. The van der Waals surface area contributed by atoms with Crippen molar-refractivity contribution in [1.82, 2.24) is 10.3 Å². The van der Waals surface area contributed by atoms with Crippen LogP contribution in [0.2, 0.25) is 0 Å². The summed E-state index contributed by atoms with van der Waals surface area (Å²) in [6.07, 6.45) is 2.13. The Kier molecular flexibility index (Phi) is 5.05. The molecule has 1 aromatic heterocycles.